The van der Waals surface area contributed by atoms with Crippen molar-refractivity contribution in [3.63, 3.8) is 0 Å². The minimum Gasteiger partial charge on any atom is -0.507 e. The Balaban J connectivity index is 1.81. The molecule has 0 aliphatic rings. The van der Waals surface area contributed by atoms with Gasteiger partial charge in [0, 0.05) is 5.92 Å². The fourth-order valence-electron chi connectivity index (χ4n) is 4.06. The van der Waals surface area contributed by atoms with E-state index in [0.717, 1.165) is 12.2 Å². The van der Waals surface area contributed by atoms with Crippen LogP contribution in [0.5, 0.6) is 11.5 Å². The molecule has 9 heteroatoms. The molecule has 6 nitrogen and oxygen atoms in total. The standard InChI is InChI=1S/C27H15F3O6/c28-17-11-13(12-18(29)23(17)30)9-10-16(21-24(31)14-5-1-3-7-19(14)35-26(21)33)22-25(32)15-6-2-4-8-20(15)36-27(22)34/h1-12,16,31-32H/b10-9+. The summed E-state index contributed by atoms with van der Waals surface area (Å²) in [6.07, 6.45) is 2.26. The zero-order chi connectivity index (χ0) is 25.6. The van der Waals surface area contributed by atoms with E-state index in [1.807, 2.05) is 0 Å². The summed E-state index contributed by atoms with van der Waals surface area (Å²) in [6, 6.07) is 13.6. The van der Waals surface area contributed by atoms with Crippen molar-refractivity contribution in [2.75, 3.05) is 0 Å². The number of hydrogen-bond donors (Lipinski definition) is 2. The van der Waals surface area contributed by atoms with Gasteiger partial charge in [-0.15, -0.1) is 0 Å². The van der Waals surface area contributed by atoms with Crippen LogP contribution in [0, 0.1) is 17.5 Å². The van der Waals surface area contributed by atoms with E-state index in [-0.39, 0.29) is 27.5 Å². The van der Waals surface area contributed by atoms with Gasteiger partial charge in [0.1, 0.15) is 22.7 Å². The maximum atomic E-state index is 13.8. The van der Waals surface area contributed by atoms with Gasteiger partial charge in [-0.1, -0.05) is 36.4 Å². The van der Waals surface area contributed by atoms with Gasteiger partial charge >= 0.3 is 11.3 Å². The van der Waals surface area contributed by atoms with Gasteiger partial charge in [-0.2, -0.15) is 0 Å². The summed E-state index contributed by atoms with van der Waals surface area (Å²) in [6.45, 7) is 0. The highest BCUT2D eigenvalue weighted by atomic mass is 19.2. The lowest BCUT2D eigenvalue weighted by Gasteiger charge is -2.16. The Labute approximate surface area is 199 Å². The van der Waals surface area contributed by atoms with E-state index in [0.29, 0.717) is 12.1 Å². The van der Waals surface area contributed by atoms with Gasteiger partial charge in [0.05, 0.1) is 21.9 Å². The predicted octanol–water partition coefficient (Wildman–Crippen LogP) is 5.57. The Bertz CT molecular complexity index is 1680. The van der Waals surface area contributed by atoms with Crippen LogP contribution >= 0.6 is 0 Å². The van der Waals surface area contributed by atoms with Crippen molar-refractivity contribution in [3.8, 4) is 11.5 Å². The molecule has 0 atom stereocenters. The predicted molar refractivity (Wildman–Crippen MR) is 125 cm³/mol. The monoisotopic (exact) mass is 492 g/mol. The summed E-state index contributed by atoms with van der Waals surface area (Å²) in [7, 11) is 0. The molecule has 0 fully saturated rings. The van der Waals surface area contributed by atoms with Crippen LogP contribution in [0.2, 0.25) is 0 Å². The molecule has 5 aromatic rings. The first-order chi connectivity index (χ1) is 17.3. The third kappa shape index (κ3) is 3.80. The smallest absolute Gasteiger partial charge is 0.344 e. The molecule has 0 unspecified atom stereocenters. The van der Waals surface area contributed by atoms with Gasteiger partial charge < -0.3 is 19.0 Å². The highest BCUT2D eigenvalue weighted by molar-refractivity contribution is 5.86. The van der Waals surface area contributed by atoms with Crippen LogP contribution in [0.3, 0.4) is 0 Å². The van der Waals surface area contributed by atoms with E-state index in [1.165, 1.54) is 24.3 Å². The molecule has 2 heterocycles. The summed E-state index contributed by atoms with van der Waals surface area (Å²) >= 11 is 0. The molecule has 0 spiro atoms. The molecule has 0 aliphatic carbocycles. The first kappa shape index (κ1) is 23.0. The van der Waals surface area contributed by atoms with Crippen LogP contribution in [0.4, 0.5) is 13.2 Å². The largest absolute Gasteiger partial charge is 0.507 e. The topological polar surface area (TPSA) is 101 Å². The maximum absolute atomic E-state index is 13.8. The van der Waals surface area contributed by atoms with E-state index < -0.39 is 57.2 Å². The van der Waals surface area contributed by atoms with Crippen LogP contribution in [-0.4, -0.2) is 10.2 Å². The second-order valence-electron chi connectivity index (χ2n) is 7.93. The number of allylic oxidation sites excluding steroid dienone is 1. The van der Waals surface area contributed by atoms with Gasteiger partial charge in [0.2, 0.25) is 0 Å². The van der Waals surface area contributed by atoms with Crippen molar-refractivity contribution in [3.05, 3.63) is 122 Å². The molecular weight excluding hydrogens is 477 g/mol. The summed E-state index contributed by atoms with van der Waals surface area (Å²) in [4.78, 5) is 25.9. The Morgan fingerprint density at radius 1 is 0.722 bits per heavy atom. The number of hydrogen-bond acceptors (Lipinski definition) is 6. The number of fused-ring (bicyclic) bond motifs is 2. The van der Waals surface area contributed by atoms with Gasteiger partial charge in [0.15, 0.2) is 17.5 Å². The molecular formula is C27H15F3O6. The highest BCUT2D eigenvalue weighted by Gasteiger charge is 2.29. The normalized spacial score (nSPS) is 11.8. The SMILES string of the molecule is O=c1oc2ccccc2c(O)c1C(/C=C/c1cc(F)c(F)c(F)c1)c1c(O)c2ccccc2oc1=O. The van der Waals surface area contributed by atoms with E-state index in [4.69, 9.17) is 8.83 Å². The lowest BCUT2D eigenvalue weighted by atomic mass is 9.89. The van der Waals surface area contributed by atoms with Crippen LogP contribution in [-0.2, 0) is 0 Å². The molecule has 0 radical (unpaired) electrons. The molecule has 0 saturated heterocycles. The van der Waals surface area contributed by atoms with Crippen LogP contribution in [0.1, 0.15) is 22.6 Å². The Morgan fingerprint density at radius 2 is 1.17 bits per heavy atom. The van der Waals surface area contributed by atoms with E-state index >= 15 is 0 Å². The fraction of sp³-hybridized carbons (Fsp3) is 0.0370. The van der Waals surface area contributed by atoms with E-state index in [2.05, 4.69) is 0 Å². The van der Waals surface area contributed by atoms with Crippen molar-refractivity contribution in [1.82, 2.24) is 0 Å². The fourth-order valence-corrected chi connectivity index (χ4v) is 4.06. The quantitative estimate of drug-likeness (QED) is 0.251. The van der Waals surface area contributed by atoms with Crippen LogP contribution in [0.25, 0.3) is 28.0 Å². The zero-order valence-electron chi connectivity index (χ0n) is 18.2. The van der Waals surface area contributed by atoms with Gasteiger partial charge in [-0.3, -0.25) is 0 Å². The Kier molecular flexibility index (Phi) is 5.60. The third-order valence-electron chi connectivity index (χ3n) is 5.75. The number of aromatic hydroxyl groups is 2. The van der Waals surface area contributed by atoms with E-state index in [9.17, 15) is 33.0 Å². The lowest BCUT2D eigenvalue weighted by molar-refractivity contribution is 0.442. The summed E-state index contributed by atoms with van der Waals surface area (Å²) in [5.74, 6) is -7.10. The second-order valence-corrected chi connectivity index (χ2v) is 7.93. The summed E-state index contributed by atoms with van der Waals surface area (Å²) in [5, 5.41) is 22.3. The molecule has 0 aliphatic heterocycles. The van der Waals surface area contributed by atoms with Crippen molar-refractivity contribution in [1.29, 1.82) is 0 Å². The Hall–Kier alpha value is -4.79. The Morgan fingerprint density at radius 3 is 1.64 bits per heavy atom. The zero-order valence-corrected chi connectivity index (χ0v) is 18.2. The lowest BCUT2D eigenvalue weighted by Crippen LogP contribution is -2.19. The average Bonchev–Trinajstić information content (AvgIpc) is 2.85. The molecule has 3 aromatic carbocycles. The summed E-state index contributed by atoms with van der Waals surface area (Å²) in [5.41, 5.74) is -2.90. The molecule has 2 aromatic heterocycles. The molecule has 0 saturated carbocycles. The molecule has 2 N–H and O–H groups in total. The molecule has 0 amide bonds. The number of para-hydroxylation sites is 2. The highest BCUT2D eigenvalue weighted by Crippen LogP contribution is 2.39. The van der Waals surface area contributed by atoms with Crippen molar-refractivity contribution < 1.29 is 32.2 Å². The van der Waals surface area contributed by atoms with Crippen molar-refractivity contribution in [2.45, 2.75) is 5.92 Å². The number of halogens is 3. The number of rotatable bonds is 4. The molecule has 5 rings (SSSR count). The average molecular weight is 492 g/mol. The first-order valence-electron chi connectivity index (χ1n) is 10.6. The maximum Gasteiger partial charge on any atom is 0.344 e. The third-order valence-corrected chi connectivity index (χ3v) is 5.75. The van der Waals surface area contributed by atoms with Gasteiger partial charge in [-0.25, -0.2) is 22.8 Å². The minimum absolute atomic E-state index is 0.0731. The van der Waals surface area contributed by atoms with Crippen LogP contribution in [0.15, 0.2) is 85.2 Å². The molecule has 36 heavy (non-hydrogen) atoms. The second kappa shape index (κ2) is 8.77. The van der Waals surface area contributed by atoms with Crippen molar-refractivity contribution in [2.24, 2.45) is 0 Å². The molecule has 180 valence electrons. The summed E-state index contributed by atoms with van der Waals surface area (Å²) < 4.78 is 51.5. The van der Waals surface area contributed by atoms with Gasteiger partial charge in [-0.05, 0) is 42.0 Å². The van der Waals surface area contributed by atoms with Gasteiger partial charge in [0.25, 0.3) is 0 Å². The minimum atomic E-state index is -1.66. The first-order valence-corrected chi connectivity index (χ1v) is 10.6. The number of benzene rings is 3. The van der Waals surface area contributed by atoms with Crippen molar-refractivity contribution >= 4 is 28.0 Å². The molecule has 0 bridgehead atoms. The van der Waals surface area contributed by atoms with E-state index in [1.54, 1.807) is 24.3 Å². The van der Waals surface area contributed by atoms with Crippen LogP contribution < -0.4 is 11.3 Å².